The number of amides is 1. The molecule has 3 saturated heterocycles. The Morgan fingerprint density at radius 3 is 2.14 bits per heavy atom. The van der Waals surface area contributed by atoms with Gasteiger partial charge in [-0.2, -0.15) is 0 Å². The van der Waals surface area contributed by atoms with Gasteiger partial charge in [0.1, 0.15) is 19.0 Å². The normalized spacial score (nSPS) is 22.0. The van der Waals surface area contributed by atoms with E-state index >= 15 is 0 Å². The molecule has 0 saturated carbocycles. The monoisotopic (exact) mass is 500 g/mol. The SMILES string of the molecule is O=C(NC(C(=O)O)(c1cccc(OCc2ccccc2)c1)[C@H]1CN2CCC1CC2)OCc1ccccc1. The largest absolute Gasteiger partial charge is 0.489 e. The number of rotatable bonds is 9. The Morgan fingerprint density at radius 1 is 0.892 bits per heavy atom. The molecule has 7 heteroatoms. The van der Waals surface area contributed by atoms with Crippen LogP contribution in [0.3, 0.4) is 0 Å². The number of carbonyl (C=O) groups is 2. The number of hydrogen-bond donors (Lipinski definition) is 2. The summed E-state index contributed by atoms with van der Waals surface area (Å²) in [7, 11) is 0. The quantitative estimate of drug-likeness (QED) is 0.438. The molecule has 3 aromatic rings. The van der Waals surface area contributed by atoms with Crippen LogP contribution in [0, 0.1) is 11.8 Å². The summed E-state index contributed by atoms with van der Waals surface area (Å²) in [6, 6.07) is 26.2. The molecule has 3 aromatic carbocycles. The van der Waals surface area contributed by atoms with Gasteiger partial charge in [0.25, 0.3) is 0 Å². The predicted molar refractivity (Wildman–Crippen MR) is 139 cm³/mol. The van der Waals surface area contributed by atoms with Crippen LogP contribution in [0.25, 0.3) is 0 Å². The van der Waals surface area contributed by atoms with E-state index in [0.29, 0.717) is 24.5 Å². The lowest BCUT2D eigenvalue weighted by molar-refractivity contribution is -0.152. The summed E-state index contributed by atoms with van der Waals surface area (Å²) in [5, 5.41) is 13.6. The fourth-order valence-electron chi connectivity index (χ4n) is 5.66. The number of aliphatic carboxylic acids is 1. The van der Waals surface area contributed by atoms with Gasteiger partial charge in [-0.05, 0) is 60.7 Å². The summed E-state index contributed by atoms with van der Waals surface area (Å²) in [5.41, 5.74) is 0.681. The van der Waals surface area contributed by atoms with Crippen LogP contribution in [-0.4, -0.2) is 41.7 Å². The molecule has 2 bridgehead atoms. The Labute approximate surface area is 217 Å². The minimum absolute atomic E-state index is 0.0584. The number of hydrogen-bond acceptors (Lipinski definition) is 5. The summed E-state index contributed by atoms with van der Waals surface area (Å²) in [4.78, 5) is 28.6. The first-order valence-corrected chi connectivity index (χ1v) is 12.8. The third kappa shape index (κ3) is 5.47. The first kappa shape index (κ1) is 24.8. The van der Waals surface area contributed by atoms with Crippen molar-refractivity contribution in [2.24, 2.45) is 11.8 Å². The van der Waals surface area contributed by atoms with Crippen molar-refractivity contribution in [1.82, 2.24) is 10.2 Å². The Kier molecular flexibility index (Phi) is 7.42. The van der Waals surface area contributed by atoms with E-state index in [0.717, 1.165) is 37.1 Å². The first-order chi connectivity index (χ1) is 18.0. The van der Waals surface area contributed by atoms with Crippen molar-refractivity contribution < 1.29 is 24.2 Å². The molecule has 1 amide bonds. The molecule has 37 heavy (non-hydrogen) atoms. The summed E-state index contributed by atoms with van der Waals surface area (Å²) in [6.45, 7) is 2.93. The van der Waals surface area contributed by atoms with Gasteiger partial charge in [0.2, 0.25) is 0 Å². The number of alkyl carbamates (subject to hydrolysis) is 1. The number of fused-ring (bicyclic) bond motifs is 3. The standard InChI is InChI=1S/C30H32N2O5/c33-28(34)30(27-19-32-16-14-24(27)15-17-32,31-29(35)37-21-23-10-5-2-6-11-23)25-12-7-13-26(18-25)36-20-22-8-3-1-4-9-22/h1-13,18,24,27H,14-17,19-21H2,(H,31,35)(H,33,34)/t27-,30?/m0/s1. The first-order valence-electron chi connectivity index (χ1n) is 12.8. The minimum atomic E-state index is -1.65. The second-order valence-corrected chi connectivity index (χ2v) is 9.85. The maximum atomic E-state index is 13.2. The highest BCUT2D eigenvalue weighted by atomic mass is 16.5. The number of nitrogens with zero attached hydrogens (tertiary/aromatic N) is 1. The molecule has 3 fully saturated rings. The molecule has 3 heterocycles. The number of carboxylic acids is 1. The molecular weight excluding hydrogens is 468 g/mol. The van der Waals surface area contributed by atoms with Crippen molar-refractivity contribution in [3.05, 3.63) is 102 Å². The van der Waals surface area contributed by atoms with Gasteiger partial charge in [-0.1, -0.05) is 72.8 Å². The average Bonchev–Trinajstić information content (AvgIpc) is 2.95. The second-order valence-electron chi connectivity index (χ2n) is 9.85. The number of piperidine rings is 3. The number of ether oxygens (including phenoxy) is 2. The van der Waals surface area contributed by atoms with Gasteiger partial charge < -0.3 is 24.8 Å². The highest BCUT2D eigenvalue weighted by Crippen LogP contribution is 2.44. The second kappa shape index (κ2) is 11.0. The maximum Gasteiger partial charge on any atom is 0.408 e. The molecule has 1 unspecified atom stereocenters. The number of carboxylic acid groups (broad SMARTS) is 1. The Hall–Kier alpha value is -3.84. The van der Waals surface area contributed by atoms with Crippen LogP contribution in [0.1, 0.15) is 29.5 Å². The van der Waals surface area contributed by atoms with Gasteiger partial charge in [0, 0.05) is 12.5 Å². The van der Waals surface area contributed by atoms with E-state index in [1.807, 2.05) is 66.7 Å². The van der Waals surface area contributed by atoms with Crippen LogP contribution in [-0.2, 0) is 28.3 Å². The zero-order chi connectivity index (χ0) is 25.7. The van der Waals surface area contributed by atoms with Crippen molar-refractivity contribution in [2.75, 3.05) is 19.6 Å². The fourth-order valence-corrected chi connectivity index (χ4v) is 5.66. The number of carbonyl (C=O) groups excluding carboxylic acids is 1. The van der Waals surface area contributed by atoms with Crippen LogP contribution in [0.4, 0.5) is 4.79 Å². The highest BCUT2D eigenvalue weighted by Gasteiger charge is 2.55. The van der Waals surface area contributed by atoms with Crippen LogP contribution in [0.2, 0.25) is 0 Å². The van der Waals surface area contributed by atoms with E-state index in [4.69, 9.17) is 9.47 Å². The smallest absolute Gasteiger partial charge is 0.408 e. The predicted octanol–water partition coefficient (Wildman–Crippen LogP) is 4.81. The minimum Gasteiger partial charge on any atom is -0.489 e. The third-order valence-corrected chi connectivity index (χ3v) is 7.60. The topological polar surface area (TPSA) is 88.1 Å². The molecule has 0 spiro atoms. The van der Waals surface area contributed by atoms with Gasteiger partial charge >= 0.3 is 12.1 Å². The molecule has 6 rings (SSSR count). The van der Waals surface area contributed by atoms with E-state index in [-0.39, 0.29) is 18.4 Å². The summed E-state index contributed by atoms with van der Waals surface area (Å²) in [5.74, 6) is -0.665. The Morgan fingerprint density at radius 2 is 1.54 bits per heavy atom. The molecule has 3 aliphatic heterocycles. The lowest BCUT2D eigenvalue weighted by Crippen LogP contribution is -2.64. The number of benzene rings is 3. The van der Waals surface area contributed by atoms with E-state index in [9.17, 15) is 14.7 Å². The lowest BCUT2D eigenvalue weighted by Gasteiger charge is -2.51. The van der Waals surface area contributed by atoms with E-state index < -0.39 is 17.6 Å². The summed E-state index contributed by atoms with van der Waals surface area (Å²) in [6.07, 6.45) is 1.06. The molecule has 0 aromatic heterocycles. The molecule has 0 aliphatic carbocycles. The highest BCUT2D eigenvalue weighted by molar-refractivity contribution is 5.86. The van der Waals surface area contributed by atoms with Crippen molar-refractivity contribution in [3.8, 4) is 5.75 Å². The Balaban J connectivity index is 1.44. The van der Waals surface area contributed by atoms with E-state index in [1.54, 1.807) is 18.2 Å². The van der Waals surface area contributed by atoms with Crippen molar-refractivity contribution in [3.63, 3.8) is 0 Å². The molecule has 192 valence electrons. The van der Waals surface area contributed by atoms with Gasteiger partial charge in [0.15, 0.2) is 5.54 Å². The van der Waals surface area contributed by atoms with Gasteiger partial charge in [-0.25, -0.2) is 9.59 Å². The van der Waals surface area contributed by atoms with Gasteiger partial charge in [0.05, 0.1) is 0 Å². The average molecular weight is 501 g/mol. The van der Waals surface area contributed by atoms with E-state index in [2.05, 4.69) is 10.2 Å². The molecule has 2 N–H and O–H groups in total. The van der Waals surface area contributed by atoms with Crippen molar-refractivity contribution >= 4 is 12.1 Å². The molecule has 3 aliphatic rings. The molecule has 2 atom stereocenters. The fraction of sp³-hybridized carbons (Fsp3) is 0.333. The Bertz CT molecular complexity index is 1210. The van der Waals surface area contributed by atoms with Crippen LogP contribution in [0.5, 0.6) is 5.75 Å². The molecule has 0 radical (unpaired) electrons. The zero-order valence-electron chi connectivity index (χ0n) is 20.7. The van der Waals surface area contributed by atoms with E-state index in [1.165, 1.54) is 0 Å². The van der Waals surface area contributed by atoms with Crippen LogP contribution in [0.15, 0.2) is 84.9 Å². The summed E-state index contributed by atoms with van der Waals surface area (Å²) < 4.78 is 11.5. The number of nitrogens with one attached hydrogen (secondary N) is 1. The van der Waals surface area contributed by atoms with Crippen LogP contribution >= 0.6 is 0 Å². The van der Waals surface area contributed by atoms with Gasteiger partial charge in [-0.3, -0.25) is 0 Å². The third-order valence-electron chi connectivity index (χ3n) is 7.60. The lowest BCUT2D eigenvalue weighted by atomic mass is 9.66. The van der Waals surface area contributed by atoms with Crippen molar-refractivity contribution in [2.45, 2.75) is 31.6 Å². The maximum absolute atomic E-state index is 13.2. The zero-order valence-corrected chi connectivity index (χ0v) is 20.7. The molecular formula is C30H32N2O5. The summed E-state index contributed by atoms with van der Waals surface area (Å²) >= 11 is 0. The molecule has 7 nitrogen and oxygen atoms in total. The van der Waals surface area contributed by atoms with Gasteiger partial charge in [-0.15, -0.1) is 0 Å². The van der Waals surface area contributed by atoms with Crippen LogP contribution < -0.4 is 10.1 Å². The van der Waals surface area contributed by atoms with Crippen molar-refractivity contribution in [1.29, 1.82) is 0 Å².